The zero-order valence-corrected chi connectivity index (χ0v) is 10.7. The molecule has 0 unspecified atom stereocenters. The molecule has 0 aliphatic carbocycles. The van der Waals surface area contributed by atoms with Crippen molar-refractivity contribution >= 4 is 21.8 Å². The van der Waals surface area contributed by atoms with Crippen LogP contribution in [0, 0.1) is 0 Å². The number of nitrogens with two attached hydrogens (primary N) is 1. The zero-order chi connectivity index (χ0) is 12.0. The highest BCUT2D eigenvalue weighted by atomic mass is 79.9. The Kier molecular flexibility index (Phi) is 5.28. The number of rotatable bonds is 5. The van der Waals surface area contributed by atoms with Gasteiger partial charge in [0.2, 0.25) is 0 Å². The van der Waals surface area contributed by atoms with Crippen LogP contribution in [0.25, 0.3) is 0 Å². The van der Waals surface area contributed by atoms with Crippen LogP contribution in [0.5, 0.6) is 0 Å². The van der Waals surface area contributed by atoms with E-state index in [-0.39, 0.29) is 11.9 Å². The van der Waals surface area contributed by atoms with E-state index < -0.39 is 0 Å². The maximum Gasteiger partial charge on any atom is 0.140 e. The largest absolute Gasteiger partial charge is 0.409 e. The molecule has 1 aromatic rings. The summed E-state index contributed by atoms with van der Waals surface area (Å²) in [7, 11) is 0. The van der Waals surface area contributed by atoms with Crippen LogP contribution in [-0.4, -0.2) is 17.6 Å². The van der Waals surface area contributed by atoms with Crippen LogP contribution < -0.4 is 11.1 Å². The number of amidine groups is 1. The van der Waals surface area contributed by atoms with E-state index in [1.807, 2.05) is 18.2 Å². The number of nitrogens with one attached hydrogen (secondary N) is 1. The molecule has 0 bridgehead atoms. The van der Waals surface area contributed by atoms with Crippen molar-refractivity contribution in [3.8, 4) is 0 Å². The van der Waals surface area contributed by atoms with E-state index in [0.717, 1.165) is 4.47 Å². The fourth-order valence-electron chi connectivity index (χ4n) is 1.40. The normalized spacial score (nSPS) is 13.8. The SMILES string of the molecule is C[C@H](NCC/C(N)=N/O)c1ccccc1Br. The lowest BCUT2D eigenvalue weighted by Crippen LogP contribution is -2.25. The molecule has 1 atom stereocenters. The molecular formula is C11H16BrN3O. The lowest BCUT2D eigenvalue weighted by Gasteiger charge is -2.15. The first-order chi connectivity index (χ1) is 7.65. The van der Waals surface area contributed by atoms with Gasteiger partial charge in [0.1, 0.15) is 5.84 Å². The third kappa shape index (κ3) is 3.83. The standard InChI is InChI=1S/C11H16BrN3O/c1-8(14-7-6-11(13)15-16)9-4-2-3-5-10(9)12/h2-5,8,14,16H,6-7H2,1H3,(H2,13,15)/t8-/m0/s1. The lowest BCUT2D eigenvalue weighted by atomic mass is 10.1. The Morgan fingerprint density at radius 3 is 2.88 bits per heavy atom. The van der Waals surface area contributed by atoms with Gasteiger partial charge in [0, 0.05) is 23.5 Å². The van der Waals surface area contributed by atoms with Gasteiger partial charge >= 0.3 is 0 Å². The Hall–Kier alpha value is -1.07. The maximum absolute atomic E-state index is 8.39. The highest BCUT2D eigenvalue weighted by molar-refractivity contribution is 9.10. The van der Waals surface area contributed by atoms with Crippen molar-refractivity contribution < 1.29 is 5.21 Å². The van der Waals surface area contributed by atoms with Crippen LogP contribution >= 0.6 is 15.9 Å². The number of benzene rings is 1. The molecule has 0 radical (unpaired) electrons. The van der Waals surface area contributed by atoms with Crippen LogP contribution in [0.3, 0.4) is 0 Å². The summed E-state index contributed by atoms with van der Waals surface area (Å²) in [6.45, 7) is 2.75. The van der Waals surface area contributed by atoms with E-state index in [2.05, 4.69) is 39.4 Å². The van der Waals surface area contributed by atoms with Crippen LogP contribution in [0.15, 0.2) is 33.9 Å². The Balaban J connectivity index is 2.47. The minimum atomic E-state index is 0.224. The van der Waals surface area contributed by atoms with Crippen molar-refractivity contribution in [2.45, 2.75) is 19.4 Å². The molecule has 5 heteroatoms. The van der Waals surface area contributed by atoms with E-state index >= 15 is 0 Å². The molecule has 0 spiro atoms. The summed E-state index contributed by atoms with van der Waals surface area (Å²) in [5.74, 6) is 0.242. The van der Waals surface area contributed by atoms with Crippen molar-refractivity contribution in [2.24, 2.45) is 10.9 Å². The first-order valence-corrected chi connectivity index (χ1v) is 5.88. The second-order valence-electron chi connectivity index (χ2n) is 3.54. The molecule has 0 aliphatic heterocycles. The molecular weight excluding hydrogens is 270 g/mol. The molecule has 1 aromatic carbocycles. The smallest absolute Gasteiger partial charge is 0.140 e. The molecule has 0 aliphatic rings. The number of oxime groups is 1. The van der Waals surface area contributed by atoms with Gasteiger partial charge in [0.15, 0.2) is 0 Å². The summed E-state index contributed by atoms with van der Waals surface area (Å²) in [6, 6.07) is 8.28. The first-order valence-electron chi connectivity index (χ1n) is 5.09. The summed E-state index contributed by atoms with van der Waals surface area (Å²) < 4.78 is 1.08. The van der Waals surface area contributed by atoms with Crippen LogP contribution in [0.1, 0.15) is 24.9 Å². The van der Waals surface area contributed by atoms with Crippen molar-refractivity contribution in [1.29, 1.82) is 0 Å². The summed E-state index contributed by atoms with van der Waals surface area (Å²) >= 11 is 3.50. The summed E-state index contributed by atoms with van der Waals surface area (Å²) in [6.07, 6.45) is 0.533. The fraction of sp³-hybridized carbons (Fsp3) is 0.364. The molecule has 88 valence electrons. The van der Waals surface area contributed by atoms with E-state index in [9.17, 15) is 0 Å². The van der Waals surface area contributed by atoms with E-state index in [0.29, 0.717) is 13.0 Å². The van der Waals surface area contributed by atoms with Crippen molar-refractivity contribution in [2.75, 3.05) is 6.54 Å². The molecule has 0 fully saturated rings. The highest BCUT2D eigenvalue weighted by Crippen LogP contribution is 2.22. The fourth-order valence-corrected chi connectivity index (χ4v) is 2.03. The van der Waals surface area contributed by atoms with Crippen LogP contribution in [-0.2, 0) is 0 Å². The quantitative estimate of drug-likeness (QED) is 0.336. The predicted octanol–water partition coefficient (Wildman–Crippen LogP) is 2.24. The van der Waals surface area contributed by atoms with E-state index in [1.54, 1.807) is 0 Å². The predicted molar refractivity (Wildman–Crippen MR) is 68.6 cm³/mol. The molecule has 1 rings (SSSR count). The second-order valence-corrected chi connectivity index (χ2v) is 4.39. The van der Waals surface area contributed by atoms with E-state index in [4.69, 9.17) is 10.9 Å². The lowest BCUT2D eigenvalue weighted by molar-refractivity contribution is 0.316. The minimum absolute atomic E-state index is 0.224. The third-order valence-corrected chi connectivity index (χ3v) is 3.05. The molecule has 0 saturated heterocycles. The third-order valence-electron chi connectivity index (χ3n) is 2.33. The van der Waals surface area contributed by atoms with Gasteiger partial charge in [-0.2, -0.15) is 0 Å². The average Bonchev–Trinajstić information content (AvgIpc) is 2.29. The van der Waals surface area contributed by atoms with Gasteiger partial charge in [-0.1, -0.05) is 39.3 Å². The van der Waals surface area contributed by atoms with Gasteiger partial charge in [0.25, 0.3) is 0 Å². The van der Waals surface area contributed by atoms with Gasteiger partial charge in [-0.25, -0.2) is 0 Å². The molecule has 16 heavy (non-hydrogen) atoms. The number of halogens is 1. The molecule has 4 nitrogen and oxygen atoms in total. The topological polar surface area (TPSA) is 70.6 Å². The second kappa shape index (κ2) is 6.50. The highest BCUT2D eigenvalue weighted by Gasteiger charge is 2.07. The van der Waals surface area contributed by atoms with Crippen LogP contribution in [0.4, 0.5) is 0 Å². The van der Waals surface area contributed by atoms with Crippen LogP contribution in [0.2, 0.25) is 0 Å². The van der Waals surface area contributed by atoms with Gasteiger partial charge in [-0.15, -0.1) is 0 Å². The Labute approximate surface area is 104 Å². The number of hydrogen-bond donors (Lipinski definition) is 3. The Morgan fingerprint density at radius 2 is 2.25 bits per heavy atom. The molecule has 0 saturated carbocycles. The van der Waals surface area contributed by atoms with Gasteiger partial charge in [0.05, 0.1) is 0 Å². The average molecular weight is 286 g/mol. The first kappa shape index (κ1) is 13.0. The van der Waals surface area contributed by atoms with Gasteiger partial charge in [-0.3, -0.25) is 0 Å². The number of nitrogens with zero attached hydrogens (tertiary/aromatic N) is 1. The molecule has 4 N–H and O–H groups in total. The molecule has 0 amide bonds. The van der Waals surface area contributed by atoms with Crippen molar-refractivity contribution in [3.05, 3.63) is 34.3 Å². The molecule has 0 heterocycles. The van der Waals surface area contributed by atoms with E-state index in [1.165, 1.54) is 5.56 Å². The summed E-state index contributed by atoms with van der Waals surface area (Å²) in [4.78, 5) is 0. The zero-order valence-electron chi connectivity index (χ0n) is 9.15. The monoisotopic (exact) mass is 285 g/mol. The maximum atomic E-state index is 8.39. The van der Waals surface area contributed by atoms with Crippen molar-refractivity contribution in [1.82, 2.24) is 5.32 Å². The van der Waals surface area contributed by atoms with Gasteiger partial charge in [-0.05, 0) is 18.6 Å². The Morgan fingerprint density at radius 1 is 1.56 bits per heavy atom. The van der Waals surface area contributed by atoms with Crippen molar-refractivity contribution in [3.63, 3.8) is 0 Å². The van der Waals surface area contributed by atoms with Gasteiger partial charge < -0.3 is 16.3 Å². The molecule has 0 aromatic heterocycles. The minimum Gasteiger partial charge on any atom is -0.409 e. The number of hydrogen-bond acceptors (Lipinski definition) is 3. The summed E-state index contributed by atoms with van der Waals surface area (Å²) in [5.41, 5.74) is 6.57. The summed E-state index contributed by atoms with van der Waals surface area (Å²) in [5, 5.41) is 14.6. The Bertz CT molecular complexity index is 368.